The molecule has 12 heavy (non-hydrogen) atoms. The second kappa shape index (κ2) is 3.54. The van der Waals surface area contributed by atoms with Gasteiger partial charge in [-0.25, -0.2) is 4.98 Å². The summed E-state index contributed by atoms with van der Waals surface area (Å²) in [5.41, 5.74) is 0.960. The van der Waals surface area contributed by atoms with Crippen LogP contribution in [-0.2, 0) is 0 Å². The van der Waals surface area contributed by atoms with Gasteiger partial charge in [-0.2, -0.15) is 5.26 Å². The van der Waals surface area contributed by atoms with E-state index in [0.717, 1.165) is 0 Å². The van der Waals surface area contributed by atoms with Crippen molar-refractivity contribution in [1.82, 2.24) is 4.98 Å². The lowest BCUT2D eigenvalue weighted by atomic mass is 10.3. The molecule has 0 aliphatic rings. The second-order valence-corrected chi connectivity index (χ2v) is 2.10. The van der Waals surface area contributed by atoms with Gasteiger partial charge in [-0.1, -0.05) is 6.58 Å². The minimum Gasteiger partial charge on any atom is -0.494 e. The number of pyridine rings is 1. The van der Waals surface area contributed by atoms with Gasteiger partial charge in [0.05, 0.1) is 7.11 Å². The van der Waals surface area contributed by atoms with E-state index in [2.05, 4.69) is 11.6 Å². The fourth-order valence-corrected chi connectivity index (χ4v) is 0.843. The molecule has 0 spiro atoms. The SMILES string of the molecule is C=Cc1nc(C#N)ccc1OC. The predicted molar refractivity (Wildman–Crippen MR) is 45.6 cm³/mol. The Balaban J connectivity index is 3.21. The number of nitrogens with zero attached hydrogens (tertiary/aromatic N) is 2. The van der Waals surface area contributed by atoms with E-state index in [4.69, 9.17) is 10.00 Å². The molecule has 0 fully saturated rings. The van der Waals surface area contributed by atoms with E-state index in [1.165, 1.54) is 0 Å². The minimum absolute atomic E-state index is 0.366. The molecule has 0 amide bonds. The van der Waals surface area contributed by atoms with E-state index in [1.54, 1.807) is 25.3 Å². The van der Waals surface area contributed by atoms with Crippen molar-refractivity contribution < 1.29 is 4.74 Å². The summed E-state index contributed by atoms with van der Waals surface area (Å²) < 4.78 is 4.99. The molecule has 0 aromatic carbocycles. The number of methoxy groups -OCH3 is 1. The van der Waals surface area contributed by atoms with Crippen LogP contribution in [0.25, 0.3) is 6.08 Å². The van der Waals surface area contributed by atoms with Crippen LogP contribution in [0.15, 0.2) is 18.7 Å². The van der Waals surface area contributed by atoms with Gasteiger partial charge in [0.2, 0.25) is 0 Å². The summed E-state index contributed by atoms with van der Waals surface area (Å²) in [5.74, 6) is 0.629. The molecule has 1 rings (SSSR count). The van der Waals surface area contributed by atoms with Crippen LogP contribution in [0.5, 0.6) is 5.75 Å². The van der Waals surface area contributed by atoms with Crippen LogP contribution in [0.2, 0.25) is 0 Å². The van der Waals surface area contributed by atoms with Gasteiger partial charge in [-0.15, -0.1) is 0 Å². The van der Waals surface area contributed by atoms with Gasteiger partial charge < -0.3 is 4.74 Å². The van der Waals surface area contributed by atoms with Crippen molar-refractivity contribution in [3.63, 3.8) is 0 Å². The van der Waals surface area contributed by atoms with Crippen LogP contribution in [0, 0.1) is 11.3 Å². The number of aromatic nitrogens is 1. The molecule has 3 heteroatoms. The fraction of sp³-hybridized carbons (Fsp3) is 0.111. The fourth-order valence-electron chi connectivity index (χ4n) is 0.843. The lowest BCUT2D eigenvalue weighted by Gasteiger charge is -2.02. The monoisotopic (exact) mass is 160 g/mol. The van der Waals surface area contributed by atoms with Gasteiger partial charge in [0.15, 0.2) is 0 Å². The Kier molecular flexibility index (Phi) is 2.44. The van der Waals surface area contributed by atoms with Crippen molar-refractivity contribution >= 4 is 6.08 Å². The molecule has 0 saturated heterocycles. The normalized spacial score (nSPS) is 8.67. The maximum absolute atomic E-state index is 8.53. The zero-order valence-corrected chi connectivity index (χ0v) is 6.74. The molecule has 0 saturated carbocycles. The maximum Gasteiger partial charge on any atom is 0.144 e. The van der Waals surface area contributed by atoms with Crippen molar-refractivity contribution in [2.24, 2.45) is 0 Å². The largest absolute Gasteiger partial charge is 0.494 e. The first-order chi connectivity index (χ1) is 5.81. The zero-order valence-electron chi connectivity index (χ0n) is 6.74. The summed E-state index contributed by atoms with van der Waals surface area (Å²) >= 11 is 0. The van der Waals surface area contributed by atoms with Crippen molar-refractivity contribution in [2.75, 3.05) is 7.11 Å². The van der Waals surface area contributed by atoms with Crippen LogP contribution in [0.3, 0.4) is 0 Å². The third kappa shape index (κ3) is 1.43. The van der Waals surface area contributed by atoms with Gasteiger partial charge in [0.25, 0.3) is 0 Å². The smallest absolute Gasteiger partial charge is 0.144 e. The average molecular weight is 160 g/mol. The molecule has 0 aliphatic heterocycles. The Bertz CT molecular complexity index is 339. The Morgan fingerprint density at radius 2 is 2.42 bits per heavy atom. The van der Waals surface area contributed by atoms with Crippen LogP contribution in [-0.4, -0.2) is 12.1 Å². The quantitative estimate of drug-likeness (QED) is 0.660. The summed E-state index contributed by atoms with van der Waals surface area (Å²) in [7, 11) is 1.55. The van der Waals surface area contributed by atoms with Gasteiger partial charge in [-0.3, -0.25) is 0 Å². The van der Waals surface area contributed by atoms with Crippen LogP contribution < -0.4 is 4.74 Å². The Morgan fingerprint density at radius 3 is 2.92 bits per heavy atom. The Hall–Kier alpha value is -1.82. The van der Waals surface area contributed by atoms with E-state index in [9.17, 15) is 0 Å². The maximum atomic E-state index is 8.53. The van der Waals surface area contributed by atoms with E-state index in [-0.39, 0.29) is 0 Å². The van der Waals surface area contributed by atoms with Crippen LogP contribution in [0.1, 0.15) is 11.4 Å². The van der Waals surface area contributed by atoms with Gasteiger partial charge in [-0.05, 0) is 18.2 Å². The molecule has 1 heterocycles. The molecule has 0 radical (unpaired) electrons. The molecule has 0 unspecified atom stereocenters. The van der Waals surface area contributed by atoms with Gasteiger partial charge in [0, 0.05) is 0 Å². The first kappa shape index (κ1) is 8.28. The van der Waals surface area contributed by atoms with E-state index >= 15 is 0 Å². The highest BCUT2D eigenvalue weighted by Gasteiger charge is 2.01. The highest BCUT2D eigenvalue weighted by atomic mass is 16.5. The third-order valence-corrected chi connectivity index (χ3v) is 1.41. The minimum atomic E-state index is 0.366. The van der Waals surface area contributed by atoms with E-state index < -0.39 is 0 Å². The predicted octanol–water partition coefficient (Wildman–Crippen LogP) is 1.60. The van der Waals surface area contributed by atoms with Crippen LogP contribution in [0.4, 0.5) is 0 Å². The topological polar surface area (TPSA) is 45.9 Å². The molecule has 3 nitrogen and oxygen atoms in total. The number of rotatable bonds is 2. The first-order valence-electron chi connectivity index (χ1n) is 3.39. The van der Waals surface area contributed by atoms with Crippen molar-refractivity contribution in [1.29, 1.82) is 5.26 Å². The third-order valence-electron chi connectivity index (χ3n) is 1.41. The lowest BCUT2D eigenvalue weighted by Crippen LogP contribution is -1.92. The van der Waals surface area contributed by atoms with Gasteiger partial charge >= 0.3 is 0 Å². The average Bonchev–Trinajstić information content (AvgIpc) is 2.16. The summed E-state index contributed by atoms with van der Waals surface area (Å²) in [6, 6.07) is 5.24. The summed E-state index contributed by atoms with van der Waals surface area (Å²) in [5, 5.41) is 8.53. The molecule has 0 atom stereocenters. The molecule has 0 bridgehead atoms. The van der Waals surface area contributed by atoms with Crippen molar-refractivity contribution in [2.45, 2.75) is 0 Å². The number of hydrogen-bond acceptors (Lipinski definition) is 3. The van der Waals surface area contributed by atoms with E-state index in [0.29, 0.717) is 17.1 Å². The zero-order chi connectivity index (χ0) is 8.97. The summed E-state index contributed by atoms with van der Waals surface area (Å²) in [4.78, 5) is 3.98. The molecule has 60 valence electrons. The number of hydrogen-bond donors (Lipinski definition) is 0. The lowest BCUT2D eigenvalue weighted by molar-refractivity contribution is 0.411. The highest BCUT2D eigenvalue weighted by Crippen LogP contribution is 2.16. The second-order valence-electron chi connectivity index (χ2n) is 2.10. The standard InChI is InChI=1S/C9H8N2O/c1-3-8-9(12-2)5-4-7(6-10)11-8/h3-5H,1H2,2H3. The highest BCUT2D eigenvalue weighted by molar-refractivity contribution is 5.52. The summed E-state index contributed by atoms with van der Waals surface area (Å²) in [6.45, 7) is 3.56. The first-order valence-corrected chi connectivity index (χ1v) is 3.39. The van der Waals surface area contributed by atoms with E-state index in [1.807, 2.05) is 6.07 Å². The van der Waals surface area contributed by atoms with Crippen LogP contribution >= 0.6 is 0 Å². The van der Waals surface area contributed by atoms with Crippen molar-refractivity contribution in [3.05, 3.63) is 30.1 Å². The number of ether oxygens (including phenoxy) is 1. The Labute approximate surface area is 70.9 Å². The van der Waals surface area contributed by atoms with Crippen molar-refractivity contribution in [3.8, 4) is 11.8 Å². The molecule has 1 aromatic rings. The molecule has 1 aromatic heterocycles. The van der Waals surface area contributed by atoms with Gasteiger partial charge in [0.1, 0.15) is 23.2 Å². The molecule has 0 N–H and O–H groups in total. The summed E-state index contributed by atoms with van der Waals surface area (Å²) in [6.07, 6.45) is 1.56. The Morgan fingerprint density at radius 1 is 1.67 bits per heavy atom. The number of nitriles is 1. The molecule has 0 aliphatic carbocycles. The molecular formula is C9H8N2O. The molecular weight excluding hydrogens is 152 g/mol.